The SMILES string of the molecule is CCCCCCc1ccc(C(CC)OC(=O)c2ccc(OCCCC)nc2)cc1. The molecule has 1 aromatic carbocycles. The second-order valence-electron chi connectivity index (χ2n) is 7.44. The van der Waals surface area contributed by atoms with Crippen LogP contribution in [0, 0.1) is 0 Å². The Morgan fingerprint density at radius 2 is 1.69 bits per heavy atom. The molecule has 0 aliphatic heterocycles. The van der Waals surface area contributed by atoms with Crippen LogP contribution in [0.25, 0.3) is 0 Å². The summed E-state index contributed by atoms with van der Waals surface area (Å²) in [4.78, 5) is 16.7. The quantitative estimate of drug-likeness (QED) is 0.279. The number of nitrogens with zero attached hydrogens (tertiary/aromatic N) is 1. The van der Waals surface area contributed by atoms with Crippen LogP contribution in [0.5, 0.6) is 5.88 Å². The van der Waals surface area contributed by atoms with Crippen LogP contribution in [-0.2, 0) is 11.2 Å². The van der Waals surface area contributed by atoms with Crippen LogP contribution in [0.15, 0.2) is 42.6 Å². The zero-order chi connectivity index (χ0) is 20.9. The van der Waals surface area contributed by atoms with Crippen LogP contribution < -0.4 is 4.74 Å². The topological polar surface area (TPSA) is 48.4 Å². The molecule has 0 saturated carbocycles. The molecule has 2 rings (SSSR count). The molecule has 2 aromatic rings. The van der Waals surface area contributed by atoms with Crippen molar-refractivity contribution in [3.8, 4) is 5.88 Å². The van der Waals surface area contributed by atoms with Gasteiger partial charge in [-0.25, -0.2) is 9.78 Å². The summed E-state index contributed by atoms with van der Waals surface area (Å²) in [5.41, 5.74) is 2.82. The predicted molar refractivity (Wildman–Crippen MR) is 117 cm³/mol. The molecule has 0 radical (unpaired) electrons. The number of aromatic nitrogens is 1. The number of benzene rings is 1. The zero-order valence-electron chi connectivity index (χ0n) is 18.2. The summed E-state index contributed by atoms with van der Waals surface area (Å²) in [6.45, 7) is 7.01. The number of ether oxygens (including phenoxy) is 2. The Morgan fingerprint density at radius 3 is 2.31 bits per heavy atom. The molecular weight excluding hydrogens is 362 g/mol. The lowest BCUT2D eigenvalue weighted by molar-refractivity contribution is 0.0287. The Morgan fingerprint density at radius 1 is 0.931 bits per heavy atom. The van der Waals surface area contributed by atoms with E-state index < -0.39 is 0 Å². The van der Waals surface area contributed by atoms with E-state index in [-0.39, 0.29) is 12.1 Å². The second-order valence-corrected chi connectivity index (χ2v) is 7.44. The average molecular weight is 398 g/mol. The van der Waals surface area contributed by atoms with Gasteiger partial charge < -0.3 is 9.47 Å². The van der Waals surface area contributed by atoms with Gasteiger partial charge in [0.05, 0.1) is 12.2 Å². The van der Waals surface area contributed by atoms with Crippen molar-refractivity contribution < 1.29 is 14.3 Å². The first-order valence-electron chi connectivity index (χ1n) is 11.1. The highest BCUT2D eigenvalue weighted by molar-refractivity contribution is 5.89. The molecule has 1 heterocycles. The van der Waals surface area contributed by atoms with Crippen LogP contribution in [0.4, 0.5) is 0 Å². The number of carbonyl (C=O) groups excluding carboxylic acids is 1. The van der Waals surface area contributed by atoms with Gasteiger partial charge in [-0.05, 0) is 42.9 Å². The van der Waals surface area contributed by atoms with Gasteiger partial charge >= 0.3 is 5.97 Å². The molecule has 0 saturated heterocycles. The van der Waals surface area contributed by atoms with E-state index >= 15 is 0 Å². The van der Waals surface area contributed by atoms with Gasteiger partial charge in [-0.2, -0.15) is 0 Å². The van der Waals surface area contributed by atoms with Crippen molar-refractivity contribution in [2.75, 3.05) is 6.61 Å². The highest BCUT2D eigenvalue weighted by Gasteiger charge is 2.17. The molecule has 4 nitrogen and oxygen atoms in total. The average Bonchev–Trinajstić information content (AvgIpc) is 2.76. The van der Waals surface area contributed by atoms with Gasteiger partial charge in [0.25, 0.3) is 0 Å². The van der Waals surface area contributed by atoms with E-state index in [4.69, 9.17) is 9.47 Å². The maximum atomic E-state index is 12.5. The van der Waals surface area contributed by atoms with Crippen molar-refractivity contribution in [3.63, 3.8) is 0 Å². The Labute approximate surface area is 175 Å². The molecule has 1 aromatic heterocycles. The molecule has 0 amide bonds. The Kier molecular flexibility index (Phi) is 10.3. The maximum absolute atomic E-state index is 12.5. The summed E-state index contributed by atoms with van der Waals surface area (Å²) >= 11 is 0. The molecule has 0 N–H and O–H groups in total. The summed E-state index contributed by atoms with van der Waals surface area (Å²) in [7, 11) is 0. The lowest BCUT2D eigenvalue weighted by Gasteiger charge is -2.17. The van der Waals surface area contributed by atoms with E-state index in [2.05, 4.69) is 43.1 Å². The fourth-order valence-corrected chi connectivity index (χ4v) is 3.15. The number of esters is 1. The minimum Gasteiger partial charge on any atom is -0.478 e. The Hall–Kier alpha value is -2.36. The van der Waals surface area contributed by atoms with Gasteiger partial charge in [-0.3, -0.25) is 0 Å². The molecule has 0 aliphatic rings. The third-order valence-electron chi connectivity index (χ3n) is 5.01. The fraction of sp³-hybridized carbons (Fsp3) is 0.520. The molecule has 0 spiro atoms. The molecular formula is C25H35NO3. The number of rotatable bonds is 13. The summed E-state index contributed by atoms with van der Waals surface area (Å²) in [5, 5.41) is 0. The molecule has 0 bridgehead atoms. The van der Waals surface area contributed by atoms with Crippen molar-refractivity contribution in [1.82, 2.24) is 4.98 Å². The number of pyridine rings is 1. The summed E-state index contributed by atoms with van der Waals surface area (Å²) < 4.78 is 11.3. The van der Waals surface area contributed by atoms with Crippen LogP contribution in [-0.4, -0.2) is 17.6 Å². The smallest absolute Gasteiger partial charge is 0.340 e. The first-order chi connectivity index (χ1) is 14.2. The van der Waals surface area contributed by atoms with Crippen molar-refractivity contribution in [1.29, 1.82) is 0 Å². The molecule has 29 heavy (non-hydrogen) atoms. The molecule has 158 valence electrons. The monoisotopic (exact) mass is 397 g/mol. The largest absolute Gasteiger partial charge is 0.478 e. The van der Waals surface area contributed by atoms with Crippen molar-refractivity contribution in [2.45, 2.75) is 78.2 Å². The van der Waals surface area contributed by atoms with E-state index in [0.717, 1.165) is 31.2 Å². The van der Waals surface area contributed by atoms with Gasteiger partial charge in [-0.1, -0.05) is 70.7 Å². The number of aryl methyl sites for hydroxylation is 1. The molecule has 0 aliphatic carbocycles. The third-order valence-corrected chi connectivity index (χ3v) is 5.01. The van der Waals surface area contributed by atoms with E-state index in [1.54, 1.807) is 12.1 Å². The molecule has 1 atom stereocenters. The van der Waals surface area contributed by atoms with E-state index in [1.165, 1.54) is 37.4 Å². The van der Waals surface area contributed by atoms with Crippen molar-refractivity contribution >= 4 is 5.97 Å². The third kappa shape index (κ3) is 7.88. The van der Waals surface area contributed by atoms with Gasteiger partial charge in [0.2, 0.25) is 5.88 Å². The van der Waals surface area contributed by atoms with E-state index in [1.807, 2.05) is 6.92 Å². The van der Waals surface area contributed by atoms with Gasteiger partial charge in [0, 0.05) is 12.3 Å². The highest BCUT2D eigenvalue weighted by Crippen LogP contribution is 2.24. The first kappa shape index (κ1) is 22.9. The number of carbonyl (C=O) groups is 1. The normalized spacial score (nSPS) is 11.8. The lowest BCUT2D eigenvalue weighted by Crippen LogP contribution is -2.11. The predicted octanol–water partition coefficient (Wildman–Crippen LogP) is 6.69. The standard InChI is InChI=1S/C25H35NO3/c1-4-7-9-10-11-20-12-14-21(15-13-20)23(6-3)29-25(27)22-16-17-24(26-19-22)28-18-8-5-2/h12-17,19,23H,4-11,18H2,1-3H3. The van der Waals surface area contributed by atoms with Gasteiger partial charge in [0.1, 0.15) is 6.10 Å². The van der Waals surface area contributed by atoms with E-state index in [9.17, 15) is 4.79 Å². The van der Waals surface area contributed by atoms with Crippen LogP contribution in [0.3, 0.4) is 0 Å². The number of unbranched alkanes of at least 4 members (excludes halogenated alkanes) is 4. The minimum absolute atomic E-state index is 0.253. The molecule has 0 fully saturated rings. The van der Waals surface area contributed by atoms with Gasteiger partial charge in [-0.15, -0.1) is 0 Å². The summed E-state index contributed by atoms with van der Waals surface area (Å²) in [6.07, 6.45) is 10.2. The zero-order valence-corrected chi connectivity index (χ0v) is 18.2. The molecule has 1 unspecified atom stereocenters. The van der Waals surface area contributed by atoms with Crippen molar-refractivity contribution in [3.05, 3.63) is 59.3 Å². The first-order valence-corrected chi connectivity index (χ1v) is 11.1. The fourth-order valence-electron chi connectivity index (χ4n) is 3.15. The van der Waals surface area contributed by atoms with Crippen LogP contribution in [0.2, 0.25) is 0 Å². The number of hydrogen-bond acceptors (Lipinski definition) is 4. The maximum Gasteiger partial charge on any atom is 0.340 e. The Balaban J connectivity index is 1.90. The summed E-state index contributed by atoms with van der Waals surface area (Å²) in [6, 6.07) is 11.9. The second kappa shape index (κ2) is 13.0. The summed E-state index contributed by atoms with van der Waals surface area (Å²) in [5.74, 6) is 0.185. The minimum atomic E-state index is -0.354. The number of hydrogen-bond donors (Lipinski definition) is 0. The Bertz CT molecular complexity index is 710. The van der Waals surface area contributed by atoms with Crippen LogP contribution >= 0.6 is 0 Å². The van der Waals surface area contributed by atoms with E-state index in [0.29, 0.717) is 18.1 Å². The van der Waals surface area contributed by atoms with Crippen molar-refractivity contribution in [2.24, 2.45) is 0 Å². The molecule has 4 heteroatoms. The highest BCUT2D eigenvalue weighted by atomic mass is 16.5. The van der Waals surface area contributed by atoms with Gasteiger partial charge in [0.15, 0.2) is 0 Å². The lowest BCUT2D eigenvalue weighted by atomic mass is 10.0. The van der Waals surface area contributed by atoms with Crippen LogP contribution in [0.1, 0.15) is 93.3 Å².